The largest absolute Gasteiger partial charge is 0.356 e. The zero-order chi connectivity index (χ0) is 13.3. The highest BCUT2D eigenvalue weighted by Crippen LogP contribution is 2.08. The van der Waals surface area contributed by atoms with E-state index < -0.39 is 0 Å². The Bertz CT molecular complexity index is 421. The van der Waals surface area contributed by atoms with Crippen LogP contribution in [-0.4, -0.2) is 25.6 Å². The molecule has 1 aliphatic rings. The second-order valence-electron chi connectivity index (χ2n) is 4.87. The van der Waals surface area contributed by atoms with Crippen molar-refractivity contribution in [2.24, 2.45) is 4.99 Å². The van der Waals surface area contributed by atoms with Crippen LogP contribution >= 0.6 is 24.0 Å². The Labute approximate surface area is 139 Å². The molecule has 110 valence electrons. The van der Waals surface area contributed by atoms with Crippen LogP contribution < -0.4 is 10.6 Å². The molecule has 2 rings (SSSR count). The maximum Gasteiger partial charge on any atom is 0.191 e. The lowest BCUT2D eigenvalue weighted by Crippen LogP contribution is -2.42. The molecule has 0 unspecified atom stereocenters. The quantitative estimate of drug-likeness (QED) is 0.269. The maximum atomic E-state index is 4.26. The number of nitrogens with one attached hydrogen (secondary N) is 2. The monoisotopic (exact) mass is 385 g/mol. The van der Waals surface area contributed by atoms with Crippen LogP contribution in [0.4, 0.5) is 0 Å². The van der Waals surface area contributed by atoms with Gasteiger partial charge >= 0.3 is 0 Å². The first-order chi connectivity index (χ1) is 9.38. The summed E-state index contributed by atoms with van der Waals surface area (Å²) in [6.45, 7) is 0.953. The average molecular weight is 385 g/mol. The lowest BCUT2D eigenvalue weighted by molar-refractivity contribution is 0.628. The van der Waals surface area contributed by atoms with Gasteiger partial charge in [-0.3, -0.25) is 4.99 Å². The molecule has 1 aromatic rings. The standard InChI is InChI=1S/C16H23N3.HI/c1-17-16(19-15-11-5-6-12-15)18-13-7-10-14-8-3-2-4-9-14;/h2-6,8-9,15H,7,10-13H2,1H3,(H2,17,18,19);1H. The first kappa shape index (κ1) is 17.0. The molecule has 4 heteroatoms. The van der Waals surface area contributed by atoms with E-state index in [0.717, 1.165) is 38.2 Å². The molecular formula is C16H24IN3. The number of rotatable bonds is 5. The van der Waals surface area contributed by atoms with Crippen molar-refractivity contribution in [2.45, 2.75) is 31.7 Å². The number of aryl methyl sites for hydroxylation is 1. The zero-order valence-electron chi connectivity index (χ0n) is 12.0. The Morgan fingerprint density at radius 1 is 1.20 bits per heavy atom. The molecule has 3 nitrogen and oxygen atoms in total. The third-order valence-electron chi connectivity index (χ3n) is 3.35. The van der Waals surface area contributed by atoms with Crippen molar-refractivity contribution in [1.82, 2.24) is 10.6 Å². The van der Waals surface area contributed by atoms with Gasteiger partial charge in [-0.1, -0.05) is 42.5 Å². The minimum Gasteiger partial charge on any atom is -0.356 e. The summed E-state index contributed by atoms with van der Waals surface area (Å²) in [4.78, 5) is 4.26. The number of hydrogen-bond donors (Lipinski definition) is 2. The molecular weight excluding hydrogens is 361 g/mol. The second kappa shape index (κ2) is 9.80. The zero-order valence-corrected chi connectivity index (χ0v) is 14.3. The van der Waals surface area contributed by atoms with Gasteiger partial charge in [0, 0.05) is 19.6 Å². The summed E-state index contributed by atoms with van der Waals surface area (Å²) in [6, 6.07) is 11.1. The summed E-state index contributed by atoms with van der Waals surface area (Å²) in [7, 11) is 1.83. The van der Waals surface area contributed by atoms with Gasteiger partial charge < -0.3 is 10.6 Å². The molecule has 0 radical (unpaired) electrons. The first-order valence-corrected chi connectivity index (χ1v) is 7.04. The first-order valence-electron chi connectivity index (χ1n) is 7.04. The molecule has 0 fully saturated rings. The SMILES string of the molecule is CN=C(NCCCc1ccccc1)NC1CC=CC1.I. The molecule has 0 atom stereocenters. The van der Waals surface area contributed by atoms with Gasteiger partial charge in [0.25, 0.3) is 0 Å². The van der Waals surface area contributed by atoms with Crippen molar-refractivity contribution < 1.29 is 0 Å². The molecule has 0 amide bonds. The highest BCUT2D eigenvalue weighted by molar-refractivity contribution is 14.0. The summed E-state index contributed by atoms with van der Waals surface area (Å²) >= 11 is 0. The molecule has 0 heterocycles. The number of hydrogen-bond acceptors (Lipinski definition) is 1. The maximum absolute atomic E-state index is 4.26. The van der Waals surface area contributed by atoms with Crippen molar-refractivity contribution in [3.05, 3.63) is 48.0 Å². The van der Waals surface area contributed by atoms with Gasteiger partial charge in [-0.05, 0) is 31.2 Å². The Morgan fingerprint density at radius 2 is 1.90 bits per heavy atom. The average Bonchev–Trinajstić information content (AvgIpc) is 2.96. The van der Waals surface area contributed by atoms with Crippen molar-refractivity contribution in [3.8, 4) is 0 Å². The third-order valence-corrected chi connectivity index (χ3v) is 3.35. The van der Waals surface area contributed by atoms with Crippen LogP contribution in [-0.2, 0) is 6.42 Å². The fourth-order valence-electron chi connectivity index (χ4n) is 2.27. The minimum absolute atomic E-state index is 0. The smallest absolute Gasteiger partial charge is 0.191 e. The molecule has 0 aliphatic heterocycles. The van der Waals surface area contributed by atoms with Crippen LogP contribution in [0.15, 0.2) is 47.5 Å². The van der Waals surface area contributed by atoms with Crippen LogP contribution in [0.25, 0.3) is 0 Å². The van der Waals surface area contributed by atoms with Crippen LogP contribution in [0.3, 0.4) is 0 Å². The minimum atomic E-state index is 0. The Morgan fingerprint density at radius 3 is 2.55 bits per heavy atom. The molecule has 0 bridgehead atoms. The number of guanidine groups is 1. The van der Waals surface area contributed by atoms with Crippen molar-refractivity contribution in [1.29, 1.82) is 0 Å². The fourth-order valence-corrected chi connectivity index (χ4v) is 2.27. The van der Waals surface area contributed by atoms with E-state index in [4.69, 9.17) is 0 Å². The topological polar surface area (TPSA) is 36.4 Å². The Balaban J connectivity index is 0.00000200. The van der Waals surface area contributed by atoms with E-state index in [1.165, 1.54) is 5.56 Å². The number of aliphatic imine (C=N–C) groups is 1. The summed E-state index contributed by atoms with van der Waals surface area (Å²) < 4.78 is 0. The molecule has 0 saturated carbocycles. The number of nitrogens with zero attached hydrogens (tertiary/aromatic N) is 1. The molecule has 20 heavy (non-hydrogen) atoms. The highest BCUT2D eigenvalue weighted by atomic mass is 127. The van der Waals surface area contributed by atoms with E-state index in [0.29, 0.717) is 6.04 Å². The Kier molecular flexibility index (Phi) is 8.34. The highest BCUT2D eigenvalue weighted by Gasteiger charge is 2.10. The summed E-state index contributed by atoms with van der Waals surface area (Å²) in [5, 5.41) is 6.82. The molecule has 0 saturated heterocycles. The number of halogens is 1. The normalized spacial score (nSPS) is 14.9. The lowest BCUT2D eigenvalue weighted by atomic mass is 10.1. The molecule has 0 aromatic heterocycles. The van der Waals surface area contributed by atoms with Gasteiger partial charge in [0.05, 0.1) is 0 Å². The van der Waals surface area contributed by atoms with Gasteiger partial charge in [-0.15, -0.1) is 24.0 Å². The van der Waals surface area contributed by atoms with E-state index in [2.05, 4.69) is 58.1 Å². The molecule has 0 spiro atoms. The van der Waals surface area contributed by atoms with E-state index >= 15 is 0 Å². The summed E-state index contributed by atoms with van der Waals surface area (Å²) in [5.41, 5.74) is 1.40. The number of benzene rings is 1. The van der Waals surface area contributed by atoms with Crippen LogP contribution in [0.1, 0.15) is 24.8 Å². The van der Waals surface area contributed by atoms with E-state index in [1.807, 2.05) is 7.05 Å². The van der Waals surface area contributed by atoms with Gasteiger partial charge in [0.15, 0.2) is 5.96 Å². The van der Waals surface area contributed by atoms with Gasteiger partial charge in [0.1, 0.15) is 0 Å². The molecule has 2 N–H and O–H groups in total. The summed E-state index contributed by atoms with van der Waals surface area (Å²) in [5.74, 6) is 0.918. The van der Waals surface area contributed by atoms with Gasteiger partial charge in [0.2, 0.25) is 0 Å². The van der Waals surface area contributed by atoms with Crippen molar-refractivity contribution in [2.75, 3.05) is 13.6 Å². The van der Waals surface area contributed by atoms with Crippen molar-refractivity contribution in [3.63, 3.8) is 0 Å². The van der Waals surface area contributed by atoms with Crippen LogP contribution in [0.2, 0.25) is 0 Å². The molecule has 1 aromatic carbocycles. The van der Waals surface area contributed by atoms with Crippen LogP contribution in [0.5, 0.6) is 0 Å². The predicted octanol–water partition coefficient (Wildman–Crippen LogP) is 3.12. The van der Waals surface area contributed by atoms with E-state index in [1.54, 1.807) is 0 Å². The second-order valence-corrected chi connectivity index (χ2v) is 4.87. The fraction of sp³-hybridized carbons (Fsp3) is 0.438. The molecule has 1 aliphatic carbocycles. The van der Waals surface area contributed by atoms with E-state index in [9.17, 15) is 0 Å². The van der Waals surface area contributed by atoms with Crippen LogP contribution in [0, 0.1) is 0 Å². The van der Waals surface area contributed by atoms with Gasteiger partial charge in [-0.25, -0.2) is 0 Å². The predicted molar refractivity (Wildman–Crippen MR) is 96.8 cm³/mol. The lowest BCUT2D eigenvalue weighted by Gasteiger charge is -2.16. The van der Waals surface area contributed by atoms with E-state index in [-0.39, 0.29) is 24.0 Å². The summed E-state index contributed by atoms with van der Waals surface area (Å²) in [6.07, 6.45) is 8.87. The Hall–Kier alpha value is -1.04. The van der Waals surface area contributed by atoms with Crippen molar-refractivity contribution >= 4 is 29.9 Å². The third kappa shape index (κ3) is 5.94. The van der Waals surface area contributed by atoms with Gasteiger partial charge in [-0.2, -0.15) is 0 Å².